The number of hydrogen-bond acceptors (Lipinski definition) is 5. The van der Waals surface area contributed by atoms with Crippen LogP contribution in [-0.4, -0.2) is 21.6 Å². The second-order valence-corrected chi connectivity index (χ2v) is 8.98. The first kappa shape index (κ1) is 17.8. The Labute approximate surface area is 165 Å². The number of nitrogens with one attached hydrogen (secondary N) is 1. The first-order chi connectivity index (χ1) is 12.6. The lowest BCUT2D eigenvalue weighted by atomic mass is 9.89. The Morgan fingerprint density at radius 3 is 3.08 bits per heavy atom. The average Bonchev–Trinajstić information content (AvgIpc) is 3.00. The summed E-state index contributed by atoms with van der Waals surface area (Å²) in [6, 6.07) is 7.24. The van der Waals surface area contributed by atoms with E-state index in [4.69, 9.17) is 11.6 Å². The van der Waals surface area contributed by atoms with E-state index in [0.29, 0.717) is 16.5 Å². The molecule has 0 bridgehead atoms. The van der Waals surface area contributed by atoms with Crippen LogP contribution in [0.15, 0.2) is 35.6 Å². The molecule has 2 heterocycles. The zero-order valence-corrected chi connectivity index (χ0v) is 16.7. The highest BCUT2D eigenvalue weighted by Gasteiger charge is 2.23. The van der Waals surface area contributed by atoms with Crippen molar-refractivity contribution in [1.29, 1.82) is 0 Å². The number of thiophene rings is 1. The van der Waals surface area contributed by atoms with Gasteiger partial charge in [-0.15, -0.1) is 11.3 Å². The van der Waals surface area contributed by atoms with Crippen LogP contribution < -0.4 is 5.32 Å². The Morgan fingerprint density at radius 1 is 1.38 bits per heavy atom. The van der Waals surface area contributed by atoms with Gasteiger partial charge in [-0.05, 0) is 42.9 Å². The fourth-order valence-electron chi connectivity index (χ4n) is 3.24. The SMILES string of the molecule is C[C@H]1CCc2c(sc3ncnc(SCC(=O)Nc4ccccc4Cl)c23)C1. The molecule has 3 aromatic rings. The topological polar surface area (TPSA) is 54.9 Å². The predicted octanol–water partition coefficient (Wildman–Crippen LogP) is 5.20. The lowest BCUT2D eigenvalue weighted by Gasteiger charge is -2.18. The summed E-state index contributed by atoms with van der Waals surface area (Å²) in [7, 11) is 0. The van der Waals surface area contributed by atoms with Crippen molar-refractivity contribution in [1.82, 2.24) is 9.97 Å². The van der Waals surface area contributed by atoms with E-state index >= 15 is 0 Å². The van der Waals surface area contributed by atoms with Crippen molar-refractivity contribution in [3.8, 4) is 0 Å². The minimum atomic E-state index is -0.0902. The zero-order chi connectivity index (χ0) is 18.1. The summed E-state index contributed by atoms with van der Waals surface area (Å²) in [5.74, 6) is 0.923. The van der Waals surface area contributed by atoms with Crippen LogP contribution in [-0.2, 0) is 17.6 Å². The minimum absolute atomic E-state index is 0.0902. The lowest BCUT2D eigenvalue weighted by Crippen LogP contribution is -2.14. The molecule has 1 aliphatic rings. The molecule has 26 heavy (non-hydrogen) atoms. The Hall–Kier alpha value is -1.63. The number of fused-ring (bicyclic) bond motifs is 3. The van der Waals surface area contributed by atoms with Crippen LogP contribution in [0, 0.1) is 5.92 Å². The smallest absolute Gasteiger partial charge is 0.234 e. The van der Waals surface area contributed by atoms with Crippen molar-refractivity contribution in [2.45, 2.75) is 31.2 Å². The molecule has 1 amide bonds. The second kappa shape index (κ2) is 7.55. The van der Waals surface area contributed by atoms with E-state index in [1.165, 1.54) is 28.6 Å². The standard InChI is InChI=1S/C19H18ClN3OS2/c1-11-6-7-12-15(8-11)26-19-17(12)18(21-10-22-19)25-9-16(24)23-14-5-3-2-4-13(14)20/h2-5,10-11H,6-9H2,1H3,(H,23,24)/t11-/m0/s1. The summed E-state index contributed by atoms with van der Waals surface area (Å²) in [5.41, 5.74) is 2.02. The predicted molar refractivity (Wildman–Crippen MR) is 109 cm³/mol. The molecule has 4 rings (SSSR count). The molecule has 1 N–H and O–H groups in total. The molecule has 0 saturated carbocycles. The zero-order valence-electron chi connectivity index (χ0n) is 14.3. The van der Waals surface area contributed by atoms with Crippen molar-refractivity contribution >= 4 is 56.5 Å². The third-order valence-electron chi connectivity index (χ3n) is 4.54. The van der Waals surface area contributed by atoms with Crippen LogP contribution in [0.25, 0.3) is 10.2 Å². The molecular formula is C19H18ClN3OS2. The number of carbonyl (C=O) groups is 1. The fraction of sp³-hybridized carbons (Fsp3) is 0.316. The van der Waals surface area contributed by atoms with Crippen LogP contribution in [0.3, 0.4) is 0 Å². The van der Waals surface area contributed by atoms with Gasteiger partial charge in [0.25, 0.3) is 0 Å². The Balaban J connectivity index is 1.52. The quantitative estimate of drug-likeness (QED) is 0.480. The number of amides is 1. The molecule has 0 unspecified atom stereocenters. The number of para-hydroxylation sites is 1. The van der Waals surface area contributed by atoms with Gasteiger partial charge < -0.3 is 5.32 Å². The fourth-order valence-corrected chi connectivity index (χ4v) is 5.66. The number of rotatable bonds is 4. The molecule has 0 fully saturated rings. The highest BCUT2D eigenvalue weighted by atomic mass is 35.5. The maximum atomic E-state index is 12.3. The molecule has 0 aliphatic heterocycles. The molecule has 4 nitrogen and oxygen atoms in total. The number of hydrogen-bond donors (Lipinski definition) is 1. The van der Waals surface area contributed by atoms with Crippen molar-refractivity contribution in [3.05, 3.63) is 46.1 Å². The molecule has 1 aliphatic carbocycles. The van der Waals surface area contributed by atoms with Crippen LogP contribution in [0.4, 0.5) is 5.69 Å². The number of nitrogens with zero attached hydrogens (tertiary/aromatic N) is 2. The molecule has 0 saturated heterocycles. The largest absolute Gasteiger partial charge is 0.324 e. The van der Waals surface area contributed by atoms with Crippen molar-refractivity contribution in [3.63, 3.8) is 0 Å². The van der Waals surface area contributed by atoms with Crippen molar-refractivity contribution in [2.75, 3.05) is 11.1 Å². The van der Waals surface area contributed by atoms with Crippen molar-refractivity contribution < 1.29 is 4.79 Å². The summed E-state index contributed by atoms with van der Waals surface area (Å²) in [4.78, 5) is 23.7. The molecule has 1 atom stereocenters. The highest BCUT2D eigenvalue weighted by molar-refractivity contribution is 8.00. The average molecular weight is 404 g/mol. The summed E-state index contributed by atoms with van der Waals surface area (Å²) in [5, 5.41) is 5.44. The maximum absolute atomic E-state index is 12.3. The van der Waals surface area contributed by atoms with Gasteiger partial charge in [-0.1, -0.05) is 42.4 Å². The monoisotopic (exact) mass is 403 g/mol. The molecule has 0 spiro atoms. The molecule has 0 radical (unpaired) electrons. The van der Waals surface area contributed by atoms with Gasteiger partial charge in [0.2, 0.25) is 5.91 Å². The van der Waals surface area contributed by atoms with Crippen LogP contribution in [0.2, 0.25) is 5.02 Å². The van der Waals surface area contributed by atoms with Crippen LogP contribution in [0.5, 0.6) is 0 Å². The summed E-state index contributed by atoms with van der Waals surface area (Å²) in [6.07, 6.45) is 4.99. The second-order valence-electron chi connectivity index (χ2n) is 6.53. The minimum Gasteiger partial charge on any atom is -0.324 e. The Morgan fingerprint density at radius 2 is 2.23 bits per heavy atom. The first-order valence-corrected chi connectivity index (χ1v) is 10.7. The summed E-state index contributed by atoms with van der Waals surface area (Å²) in [6.45, 7) is 2.30. The van der Waals surface area contributed by atoms with E-state index in [1.54, 1.807) is 29.8 Å². The number of thioether (sulfide) groups is 1. The number of benzene rings is 1. The van der Waals surface area contributed by atoms with Gasteiger partial charge >= 0.3 is 0 Å². The van der Waals surface area contributed by atoms with Crippen LogP contribution in [0.1, 0.15) is 23.8 Å². The van der Waals surface area contributed by atoms with Gasteiger partial charge in [0.15, 0.2) is 0 Å². The van der Waals surface area contributed by atoms with Gasteiger partial charge in [0.1, 0.15) is 16.2 Å². The summed E-state index contributed by atoms with van der Waals surface area (Å²) < 4.78 is 0. The molecule has 134 valence electrons. The molecule has 7 heteroatoms. The molecular weight excluding hydrogens is 386 g/mol. The van der Waals surface area contributed by atoms with Crippen LogP contribution >= 0.6 is 34.7 Å². The first-order valence-electron chi connectivity index (χ1n) is 8.54. The normalized spacial score (nSPS) is 16.5. The molecule has 1 aromatic carbocycles. The third kappa shape index (κ3) is 3.59. The highest BCUT2D eigenvalue weighted by Crippen LogP contribution is 2.40. The Kier molecular flexibility index (Phi) is 5.16. The Bertz CT molecular complexity index is 973. The van der Waals surface area contributed by atoms with E-state index < -0.39 is 0 Å². The van der Waals surface area contributed by atoms with E-state index in [-0.39, 0.29) is 5.91 Å². The summed E-state index contributed by atoms with van der Waals surface area (Å²) >= 11 is 9.34. The maximum Gasteiger partial charge on any atom is 0.234 e. The third-order valence-corrected chi connectivity index (χ3v) is 7.03. The van der Waals surface area contributed by atoms with E-state index in [0.717, 1.165) is 34.0 Å². The molecule has 2 aromatic heterocycles. The number of aryl methyl sites for hydroxylation is 1. The van der Waals surface area contributed by atoms with Gasteiger partial charge in [-0.3, -0.25) is 4.79 Å². The van der Waals surface area contributed by atoms with Gasteiger partial charge in [-0.25, -0.2) is 9.97 Å². The van der Waals surface area contributed by atoms with Gasteiger partial charge in [-0.2, -0.15) is 0 Å². The lowest BCUT2D eigenvalue weighted by molar-refractivity contribution is -0.113. The van der Waals surface area contributed by atoms with Gasteiger partial charge in [0, 0.05) is 10.3 Å². The number of aromatic nitrogens is 2. The van der Waals surface area contributed by atoms with E-state index in [9.17, 15) is 4.79 Å². The number of halogens is 1. The van der Waals surface area contributed by atoms with E-state index in [2.05, 4.69) is 22.2 Å². The van der Waals surface area contributed by atoms with Crippen molar-refractivity contribution in [2.24, 2.45) is 5.92 Å². The number of anilines is 1. The number of carbonyl (C=O) groups excluding carboxylic acids is 1. The van der Waals surface area contributed by atoms with Gasteiger partial charge in [0.05, 0.1) is 16.5 Å². The van der Waals surface area contributed by atoms with E-state index in [1.807, 2.05) is 12.1 Å².